The second kappa shape index (κ2) is 5.72. The maximum atomic E-state index is 12.9. The molecule has 0 spiro atoms. The first kappa shape index (κ1) is 15.0. The third kappa shape index (κ3) is 2.50. The van der Waals surface area contributed by atoms with E-state index in [1.54, 1.807) is 17.0 Å². The van der Waals surface area contributed by atoms with Crippen LogP contribution in [0, 0.1) is 0 Å². The van der Waals surface area contributed by atoms with Gasteiger partial charge in [-0.3, -0.25) is 9.59 Å². The highest BCUT2D eigenvalue weighted by Gasteiger charge is 2.48. The molecule has 118 valence electrons. The minimum Gasteiger partial charge on any atom is -0.339 e. The summed E-state index contributed by atoms with van der Waals surface area (Å²) in [4.78, 5) is 29.3. The number of carbonyl (C=O) groups is 2. The van der Waals surface area contributed by atoms with Gasteiger partial charge in [0.05, 0.1) is 0 Å². The van der Waals surface area contributed by atoms with E-state index in [0.717, 1.165) is 19.3 Å². The number of nitrogens with zero attached hydrogens (tertiary/aromatic N) is 2. The van der Waals surface area contributed by atoms with Crippen LogP contribution in [0.5, 0.6) is 0 Å². The number of amides is 2. The fraction of sp³-hybridized carbons (Fsp3) is 0.529. The van der Waals surface area contributed by atoms with Crippen LogP contribution in [0.1, 0.15) is 36.5 Å². The number of nitrogens with two attached hydrogens (primary N) is 1. The lowest BCUT2D eigenvalue weighted by atomic mass is 9.96. The molecule has 0 radical (unpaired) electrons. The highest BCUT2D eigenvalue weighted by Crippen LogP contribution is 2.33. The highest BCUT2D eigenvalue weighted by atomic mass is 16.2. The molecule has 2 N–H and O–H groups in total. The van der Waals surface area contributed by atoms with Crippen LogP contribution < -0.4 is 5.73 Å². The summed E-state index contributed by atoms with van der Waals surface area (Å²) in [5.74, 6) is -0.0142. The Morgan fingerprint density at radius 1 is 1.23 bits per heavy atom. The third-order valence-corrected chi connectivity index (χ3v) is 4.88. The summed E-state index contributed by atoms with van der Waals surface area (Å²) in [5, 5.41) is 0. The minimum atomic E-state index is -0.739. The van der Waals surface area contributed by atoms with Crippen molar-refractivity contribution in [2.45, 2.75) is 37.8 Å². The van der Waals surface area contributed by atoms with E-state index in [9.17, 15) is 9.59 Å². The van der Waals surface area contributed by atoms with Gasteiger partial charge in [0.25, 0.3) is 5.91 Å². The van der Waals surface area contributed by atoms with Crippen LogP contribution in [0.3, 0.4) is 0 Å². The van der Waals surface area contributed by atoms with Gasteiger partial charge < -0.3 is 15.5 Å². The van der Waals surface area contributed by atoms with Crippen molar-refractivity contribution in [3.63, 3.8) is 0 Å². The number of rotatable bonds is 2. The molecule has 2 heterocycles. The topological polar surface area (TPSA) is 66.6 Å². The Morgan fingerprint density at radius 2 is 1.95 bits per heavy atom. The Bertz CT molecular complexity index is 575. The van der Waals surface area contributed by atoms with Gasteiger partial charge in [-0.25, -0.2) is 0 Å². The molecular weight excluding hydrogens is 278 g/mol. The summed E-state index contributed by atoms with van der Waals surface area (Å²) in [6.45, 7) is 3.83. The van der Waals surface area contributed by atoms with Gasteiger partial charge in [-0.05, 0) is 38.3 Å². The fourth-order valence-electron chi connectivity index (χ4n) is 3.56. The molecule has 1 unspecified atom stereocenters. The van der Waals surface area contributed by atoms with E-state index < -0.39 is 5.54 Å². The van der Waals surface area contributed by atoms with E-state index in [4.69, 9.17) is 5.73 Å². The van der Waals surface area contributed by atoms with Crippen molar-refractivity contribution in [3.8, 4) is 0 Å². The van der Waals surface area contributed by atoms with Crippen molar-refractivity contribution in [3.05, 3.63) is 35.9 Å². The van der Waals surface area contributed by atoms with Gasteiger partial charge in [-0.15, -0.1) is 0 Å². The molecule has 0 bridgehead atoms. The van der Waals surface area contributed by atoms with E-state index in [1.807, 2.05) is 30.0 Å². The standard InChI is InChI=1S/C17H23N3O2/c1-17(16(22)19-11-8-14(18)12-19)9-5-10-20(17)15(21)13-6-3-2-4-7-13/h2-4,6-7,14H,5,8-12,18H2,1H3/t14-,17?/m1/s1. The number of benzene rings is 1. The van der Waals surface area contributed by atoms with Crippen molar-refractivity contribution in [2.75, 3.05) is 19.6 Å². The van der Waals surface area contributed by atoms with Gasteiger partial charge in [0.1, 0.15) is 5.54 Å². The monoisotopic (exact) mass is 301 g/mol. The van der Waals surface area contributed by atoms with E-state index in [-0.39, 0.29) is 17.9 Å². The van der Waals surface area contributed by atoms with Crippen molar-refractivity contribution in [2.24, 2.45) is 5.73 Å². The van der Waals surface area contributed by atoms with Crippen molar-refractivity contribution >= 4 is 11.8 Å². The zero-order chi connectivity index (χ0) is 15.7. The van der Waals surface area contributed by atoms with E-state index in [1.165, 1.54) is 0 Å². The predicted molar refractivity (Wildman–Crippen MR) is 84.3 cm³/mol. The SMILES string of the molecule is CC1(C(=O)N2CC[C@@H](N)C2)CCCN1C(=O)c1ccccc1. The average Bonchev–Trinajstić information content (AvgIpc) is 3.13. The summed E-state index contributed by atoms with van der Waals surface area (Å²) in [7, 11) is 0. The van der Waals surface area contributed by atoms with Crippen LogP contribution in [0.25, 0.3) is 0 Å². The predicted octanol–water partition coefficient (Wildman–Crippen LogP) is 1.24. The molecule has 5 heteroatoms. The summed E-state index contributed by atoms with van der Waals surface area (Å²) < 4.78 is 0. The number of hydrogen-bond acceptors (Lipinski definition) is 3. The molecular formula is C17H23N3O2. The number of carbonyl (C=O) groups excluding carboxylic acids is 2. The van der Waals surface area contributed by atoms with Crippen LogP contribution in [-0.2, 0) is 4.79 Å². The first-order valence-corrected chi connectivity index (χ1v) is 7.94. The molecule has 0 aliphatic carbocycles. The second-order valence-corrected chi connectivity index (χ2v) is 6.50. The molecule has 0 saturated carbocycles. The molecule has 3 rings (SSSR count). The van der Waals surface area contributed by atoms with E-state index in [0.29, 0.717) is 25.2 Å². The summed E-state index contributed by atoms with van der Waals surface area (Å²) >= 11 is 0. The highest BCUT2D eigenvalue weighted by molar-refractivity contribution is 5.99. The number of likely N-dealkylation sites (tertiary alicyclic amines) is 2. The van der Waals surface area contributed by atoms with Gasteiger partial charge in [-0.2, -0.15) is 0 Å². The maximum Gasteiger partial charge on any atom is 0.254 e. The molecule has 22 heavy (non-hydrogen) atoms. The van der Waals surface area contributed by atoms with Crippen LogP contribution in [-0.4, -0.2) is 52.8 Å². The van der Waals surface area contributed by atoms with E-state index >= 15 is 0 Å². The van der Waals surface area contributed by atoms with Crippen LogP contribution in [0.4, 0.5) is 0 Å². The smallest absolute Gasteiger partial charge is 0.254 e. The quantitative estimate of drug-likeness (QED) is 0.894. The fourth-order valence-corrected chi connectivity index (χ4v) is 3.56. The minimum absolute atomic E-state index is 0.0437. The zero-order valence-electron chi connectivity index (χ0n) is 13.0. The Labute approximate surface area is 131 Å². The Hall–Kier alpha value is -1.88. The molecule has 0 aromatic heterocycles. The lowest BCUT2D eigenvalue weighted by Gasteiger charge is -2.37. The Morgan fingerprint density at radius 3 is 2.59 bits per heavy atom. The lowest BCUT2D eigenvalue weighted by Crippen LogP contribution is -2.56. The molecule has 1 aromatic carbocycles. The average molecular weight is 301 g/mol. The molecule has 2 atom stereocenters. The van der Waals surface area contributed by atoms with Crippen LogP contribution >= 0.6 is 0 Å². The summed E-state index contributed by atoms with van der Waals surface area (Å²) in [6, 6.07) is 9.25. The van der Waals surface area contributed by atoms with Gasteiger partial charge >= 0.3 is 0 Å². The molecule has 5 nitrogen and oxygen atoms in total. The summed E-state index contributed by atoms with van der Waals surface area (Å²) in [5.41, 5.74) is 5.82. The van der Waals surface area contributed by atoms with Gasteiger partial charge in [0, 0.05) is 31.2 Å². The van der Waals surface area contributed by atoms with Crippen molar-refractivity contribution in [1.82, 2.24) is 9.80 Å². The van der Waals surface area contributed by atoms with Gasteiger partial charge in [-0.1, -0.05) is 18.2 Å². The van der Waals surface area contributed by atoms with Crippen LogP contribution in [0.15, 0.2) is 30.3 Å². The molecule has 1 aromatic rings. The van der Waals surface area contributed by atoms with Crippen molar-refractivity contribution < 1.29 is 9.59 Å². The summed E-state index contributed by atoms with van der Waals surface area (Å²) in [6.07, 6.45) is 2.42. The van der Waals surface area contributed by atoms with Gasteiger partial charge in [0.2, 0.25) is 5.91 Å². The first-order valence-electron chi connectivity index (χ1n) is 7.94. The third-order valence-electron chi connectivity index (χ3n) is 4.88. The van der Waals surface area contributed by atoms with Crippen molar-refractivity contribution in [1.29, 1.82) is 0 Å². The Balaban J connectivity index is 1.82. The zero-order valence-corrected chi connectivity index (χ0v) is 13.0. The molecule has 2 amide bonds. The largest absolute Gasteiger partial charge is 0.339 e. The maximum absolute atomic E-state index is 12.9. The molecule has 2 saturated heterocycles. The lowest BCUT2D eigenvalue weighted by molar-refractivity contribution is -0.139. The van der Waals surface area contributed by atoms with Crippen LogP contribution in [0.2, 0.25) is 0 Å². The van der Waals surface area contributed by atoms with E-state index in [2.05, 4.69) is 0 Å². The normalized spacial score (nSPS) is 28.2. The first-order chi connectivity index (χ1) is 10.5. The molecule has 2 fully saturated rings. The number of hydrogen-bond donors (Lipinski definition) is 1. The van der Waals surface area contributed by atoms with Gasteiger partial charge in [0.15, 0.2) is 0 Å². The second-order valence-electron chi connectivity index (χ2n) is 6.50. The molecule has 2 aliphatic heterocycles. The Kier molecular flexibility index (Phi) is 3.91. The molecule has 2 aliphatic rings.